The van der Waals surface area contributed by atoms with E-state index in [1.165, 1.54) is 0 Å². The molecule has 0 spiro atoms. The van der Waals surface area contributed by atoms with E-state index in [9.17, 15) is 9.59 Å². The molecule has 0 aliphatic rings. The first-order valence-electron chi connectivity index (χ1n) is 9.19. The fraction of sp³-hybridized carbons (Fsp3) is 0.0870. The molecule has 0 heterocycles. The molecule has 3 aromatic carbocycles. The second-order valence-electron chi connectivity index (χ2n) is 6.40. The summed E-state index contributed by atoms with van der Waals surface area (Å²) in [6, 6.07) is 24.1. The van der Waals surface area contributed by atoms with Crippen molar-refractivity contribution in [3.05, 3.63) is 94.5 Å². The second-order valence-corrected chi connectivity index (χ2v) is 7.31. The first-order valence-corrected chi connectivity index (χ1v) is 9.99. The summed E-state index contributed by atoms with van der Waals surface area (Å²) in [4.78, 5) is 23.9. The maximum atomic E-state index is 12.0. The summed E-state index contributed by atoms with van der Waals surface area (Å²) in [5.41, 5.74) is 5.24. The number of carbonyl (C=O) groups is 2. The first kappa shape index (κ1) is 21.3. The van der Waals surface area contributed by atoms with Gasteiger partial charge in [-0.3, -0.25) is 9.59 Å². The molecule has 0 aliphatic carbocycles. The van der Waals surface area contributed by atoms with E-state index in [4.69, 9.17) is 4.74 Å². The van der Waals surface area contributed by atoms with Crippen LogP contribution in [0.3, 0.4) is 0 Å². The number of hydrogen-bond donors (Lipinski definition) is 2. The molecule has 0 unspecified atom stereocenters. The van der Waals surface area contributed by atoms with Crippen LogP contribution in [-0.4, -0.2) is 17.5 Å². The minimum atomic E-state index is -0.847. The van der Waals surface area contributed by atoms with Crippen LogP contribution < -0.4 is 15.5 Å². The molecule has 0 aliphatic heterocycles. The van der Waals surface area contributed by atoms with Crippen molar-refractivity contribution in [3.8, 4) is 5.75 Å². The van der Waals surface area contributed by atoms with E-state index in [0.717, 1.165) is 21.3 Å². The van der Waals surface area contributed by atoms with Gasteiger partial charge >= 0.3 is 11.8 Å². The molecule has 30 heavy (non-hydrogen) atoms. The molecule has 3 rings (SSSR count). The Bertz CT molecular complexity index is 1030. The number of halogens is 1. The highest BCUT2D eigenvalue weighted by Gasteiger charge is 2.13. The number of hydrazone groups is 1. The number of nitrogens with one attached hydrogen (secondary N) is 2. The molecule has 0 aromatic heterocycles. The van der Waals surface area contributed by atoms with Gasteiger partial charge < -0.3 is 10.1 Å². The van der Waals surface area contributed by atoms with Crippen LogP contribution in [0.4, 0.5) is 5.69 Å². The predicted molar refractivity (Wildman–Crippen MR) is 120 cm³/mol. The van der Waals surface area contributed by atoms with Gasteiger partial charge in [-0.15, -0.1) is 0 Å². The van der Waals surface area contributed by atoms with Gasteiger partial charge in [-0.1, -0.05) is 46.3 Å². The van der Waals surface area contributed by atoms with Gasteiger partial charge in [-0.2, -0.15) is 5.10 Å². The van der Waals surface area contributed by atoms with E-state index in [1.807, 2.05) is 54.6 Å². The zero-order valence-electron chi connectivity index (χ0n) is 16.3. The maximum Gasteiger partial charge on any atom is 0.329 e. The monoisotopic (exact) mass is 465 g/mol. The number of anilines is 1. The van der Waals surface area contributed by atoms with E-state index >= 15 is 0 Å². The lowest BCUT2D eigenvalue weighted by Crippen LogP contribution is -2.32. The van der Waals surface area contributed by atoms with Crippen molar-refractivity contribution < 1.29 is 14.3 Å². The van der Waals surface area contributed by atoms with Crippen LogP contribution in [0.2, 0.25) is 0 Å². The lowest BCUT2D eigenvalue weighted by Gasteiger charge is -2.08. The topological polar surface area (TPSA) is 79.8 Å². The van der Waals surface area contributed by atoms with Gasteiger partial charge in [0.25, 0.3) is 0 Å². The number of benzene rings is 3. The van der Waals surface area contributed by atoms with Gasteiger partial charge in [0.15, 0.2) is 0 Å². The Morgan fingerprint density at radius 1 is 0.900 bits per heavy atom. The maximum absolute atomic E-state index is 12.0. The highest BCUT2D eigenvalue weighted by molar-refractivity contribution is 9.10. The molecule has 2 amide bonds. The van der Waals surface area contributed by atoms with Gasteiger partial charge in [0.2, 0.25) is 0 Å². The van der Waals surface area contributed by atoms with Crippen molar-refractivity contribution in [2.75, 3.05) is 5.32 Å². The summed E-state index contributed by atoms with van der Waals surface area (Å²) in [6.45, 7) is 2.23. The molecule has 6 nitrogen and oxygen atoms in total. The molecule has 0 atom stereocenters. The Morgan fingerprint density at radius 2 is 1.57 bits per heavy atom. The molecule has 152 valence electrons. The van der Waals surface area contributed by atoms with Crippen LogP contribution >= 0.6 is 15.9 Å². The van der Waals surface area contributed by atoms with Crippen LogP contribution in [-0.2, 0) is 16.2 Å². The third-order valence-corrected chi connectivity index (χ3v) is 4.68. The Hall–Kier alpha value is -3.45. The van der Waals surface area contributed by atoms with Crippen LogP contribution in [0.25, 0.3) is 0 Å². The average Bonchev–Trinajstić information content (AvgIpc) is 2.78. The summed E-state index contributed by atoms with van der Waals surface area (Å²) in [5.74, 6) is -0.910. The van der Waals surface area contributed by atoms with Crippen LogP contribution in [0.15, 0.2) is 88.4 Å². The van der Waals surface area contributed by atoms with Crippen molar-refractivity contribution in [2.45, 2.75) is 13.5 Å². The number of rotatable bonds is 6. The summed E-state index contributed by atoms with van der Waals surface area (Å²) in [5, 5.41) is 6.51. The third kappa shape index (κ3) is 6.28. The Morgan fingerprint density at radius 3 is 2.23 bits per heavy atom. The first-order chi connectivity index (χ1) is 14.5. The van der Waals surface area contributed by atoms with Crippen LogP contribution in [0, 0.1) is 0 Å². The van der Waals surface area contributed by atoms with Crippen LogP contribution in [0.1, 0.15) is 18.1 Å². The van der Waals surface area contributed by atoms with E-state index in [0.29, 0.717) is 18.0 Å². The summed E-state index contributed by atoms with van der Waals surface area (Å²) in [6.07, 6.45) is 0. The van der Waals surface area contributed by atoms with Gasteiger partial charge in [0.1, 0.15) is 12.4 Å². The summed E-state index contributed by atoms with van der Waals surface area (Å²) >= 11 is 3.31. The molecule has 0 bridgehead atoms. The number of hydrogen-bond acceptors (Lipinski definition) is 4. The van der Waals surface area contributed by atoms with Crippen molar-refractivity contribution in [2.24, 2.45) is 5.10 Å². The minimum Gasteiger partial charge on any atom is -0.489 e. The highest BCUT2D eigenvalue weighted by Crippen LogP contribution is 2.15. The quantitative estimate of drug-likeness (QED) is 0.319. The molecule has 0 fully saturated rings. The number of amides is 2. The van der Waals surface area contributed by atoms with Gasteiger partial charge in [-0.25, -0.2) is 5.43 Å². The molecule has 7 heteroatoms. The van der Waals surface area contributed by atoms with Gasteiger partial charge in [-0.05, 0) is 66.6 Å². The average molecular weight is 466 g/mol. The zero-order chi connectivity index (χ0) is 21.3. The van der Waals surface area contributed by atoms with E-state index in [-0.39, 0.29) is 0 Å². The lowest BCUT2D eigenvalue weighted by molar-refractivity contribution is -0.136. The van der Waals surface area contributed by atoms with Gasteiger partial charge in [0, 0.05) is 10.2 Å². The minimum absolute atomic E-state index is 0.483. The molecule has 0 saturated heterocycles. The van der Waals surface area contributed by atoms with Crippen LogP contribution in [0.5, 0.6) is 5.75 Å². The number of nitrogens with zero attached hydrogens (tertiary/aromatic N) is 1. The molecular formula is C23H20BrN3O3. The molecule has 0 radical (unpaired) electrons. The van der Waals surface area contributed by atoms with Crippen molar-refractivity contribution in [1.82, 2.24) is 5.43 Å². The SMILES string of the molecule is C/C(=N\NC(=O)C(=O)Nc1ccc(Br)cc1)c1ccc(OCc2ccccc2)cc1. The lowest BCUT2D eigenvalue weighted by atomic mass is 10.1. The third-order valence-electron chi connectivity index (χ3n) is 4.15. The highest BCUT2D eigenvalue weighted by atomic mass is 79.9. The largest absolute Gasteiger partial charge is 0.489 e. The predicted octanol–water partition coefficient (Wildman–Crippen LogP) is 4.51. The zero-order valence-corrected chi connectivity index (χ0v) is 17.8. The molecule has 0 saturated carbocycles. The van der Waals surface area contributed by atoms with Crippen molar-refractivity contribution in [3.63, 3.8) is 0 Å². The molecule has 2 N–H and O–H groups in total. The Labute approximate surface area is 183 Å². The van der Waals surface area contributed by atoms with Crippen molar-refractivity contribution in [1.29, 1.82) is 0 Å². The van der Waals surface area contributed by atoms with E-state index in [2.05, 4.69) is 31.8 Å². The number of ether oxygens (including phenoxy) is 1. The smallest absolute Gasteiger partial charge is 0.329 e. The van der Waals surface area contributed by atoms with Crippen molar-refractivity contribution >= 4 is 39.1 Å². The Kier molecular flexibility index (Phi) is 7.34. The fourth-order valence-corrected chi connectivity index (χ4v) is 2.77. The normalized spacial score (nSPS) is 10.9. The number of carbonyl (C=O) groups excluding carboxylic acids is 2. The Balaban J connectivity index is 1.52. The summed E-state index contributed by atoms with van der Waals surface area (Å²) in [7, 11) is 0. The summed E-state index contributed by atoms with van der Waals surface area (Å²) < 4.78 is 6.63. The molecule has 3 aromatic rings. The van der Waals surface area contributed by atoms with E-state index in [1.54, 1.807) is 31.2 Å². The fourth-order valence-electron chi connectivity index (χ4n) is 2.50. The standard InChI is InChI=1S/C23H20BrN3O3/c1-16(26-27-23(29)22(28)25-20-11-9-19(24)10-12-20)18-7-13-21(14-8-18)30-15-17-5-3-2-4-6-17/h2-14H,15H2,1H3,(H,25,28)(H,27,29)/b26-16+. The second kappa shape index (κ2) is 10.4. The van der Waals surface area contributed by atoms with Gasteiger partial charge in [0.05, 0.1) is 5.71 Å². The van der Waals surface area contributed by atoms with E-state index < -0.39 is 11.8 Å². The molecular weight excluding hydrogens is 446 g/mol.